The molecule has 0 spiro atoms. The van der Waals surface area contributed by atoms with Crippen LogP contribution in [-0.4, -0.2) is 0 Å². The molecule has 0 N–H and O–H groups in total. The van der Waals surface area contributed by atoms with E-state index < -0.39 is 0 Å². The molecule has 6 unspecified atom stereocenters. The van der Waals surface area contributed by atoms with Crippen molar-refractivity contribution < 1.29 is 0 Å². The molecule has 0 amide bonds. The van der Waals surface area contributed by atoms with E-state index in [0.717, 1.165) is 35.5 Å². The molecule has 2 aliphatic rings. The van der Waals surface area contributed by atoms with Crippen LogP contribution in [0.1, 0.15) is 106 Å². The van der Waals surface area contributed by atoms with Gasteiger partial charge >= 0.3 is 0 Å². The largest absolute Gasteiger partial charge is 0.0654 e. The summed E-state index contributed by atoms with van der Waals surface area (Å²) in [6, 6.07) is 0. The van der Waals surface area contributed by atoms with E-state index >= 15 is 0 Å². The van der Waals surface area contributed by atoms with E-state index in [4.69, 9.17) is 0 Å². The summed E-state index contributed by atoms with van der Waals surface area (Å²) in [5.74, 6) is 5.97. The third-order valence-corrected chi connectivity index (χ3v) is 7.90. The maximum atomic E-state index is 2.67. The summed E-state index contributed by atoms with van der Waals surface area (Å²) in [4.78, 5) is 0. The molecule has 0 saturated heterocycles. The van der Waals surface area contributed by atoms with Crippen LogP contribution in [0.3, 0.4) is 0 Å². The highest BCUT2D eigenvalue weighted by atomic mass is 14.5. The van der Waals surface area contributed by atoms with E-state index in [1.807, 2.05) is 0 Å². The molecule has 2 saturated carbocycles. The molecule has 6 atom stereocenters. The van der Waals surface area contributed by atoms with Crippen molar-refractivity contribution in [3.63, 3.8) is 0 Å². The van der Waals surface area contributed by atoms with Gasteiger partial charge in [-0.2, -0.15) is 0 Å². The molecular weight excluding hydrogens is 276 g/mol. The molecule has 2 rings (SSSR count). The minimum Gasteiger partial charge on any atom is -0.0654 e. The zero-order valence-corrected chi connectivity index (χ0v) is 17.0. The Morgan fingerprint density at radius 3 is 2.22 bits per heavy atom. The van der Waals surface area contributed by atoms with Crippen molar-refractivity contribution in [2.75, 3.05) is 0 Å². The van der Waals surface area contributed by atoms with Gasteiger partial charge in [0.05, 0.1) is 0 Å². The summed E-state index contributed by atoms with van der Waals surface area (Å²) in [5.41, 5.74) is 0.640. The van der Waals surface area contributed by atoms with Crippen LogP contribution in [-0.2, 0) is 0 Å². The van der Waals surface area contributed by atoms with Gasteiger partial charge in [-0.05, 0) is 79.4 Å². The Bertz CT molecular complexity index is 342. The standard InChI is InChI=1S/C23H44/c1-7-10-19(9-3)18(5)17(4)16-23(6)15-14-21(20-12-13-20)22(23)11-8-2/h17-22H,7-16H2,1-6H3. The van der Waals surface area contributed by atoms with E-state index in [-0.39, 0.29) is 0 Å². The fourth-order valence-corrected chi connectivity index (χ4v) is 6.21. The van der Waals surface area contributed by atoms with Crippen LogP contribution in [0.15, 0.2) is 0 Å². The Kier molecular flexibility index (Phi) is 7.05. The van der Waals surface area contributed by atoms with E-state index in [0.29, 0.717) is 5.41 Å². The van der Waals surface area contributed by atoms with Crippen LogP contribution in [0.5, 0.6) is 0 Å². The Morgan fingerprint density at radius 2 is 1.70 bits per heavy atom. The van der Waals surface area contributed by atoms with Crippen LogP contribution in [0.25, 0.3) is 0 Å². The van der Waals surface area contributed by atoms with E-state index in [9.17, 15) is 0 Å². The fourth-order valence-electron chi connectivity index (χ4n) is 6.21. The summed E-state index contributed by atoms with van der Waals surface area (Å²) < 4.78 is 0. The first-order valence-electron chi connectivity index (χ1n) is 11.0. The van der Waals surface area contributed by atoms with Gasteiger partial charge in [0.15, 0.2) is 0 Å². The zero-order valence-electron chi connectivity index (χ0n) is 17.0. The van der Waals surface area contributed by atoms with Gasteiger partial charge < -0.3 is 0 Å². The van der Waals surface area contributed by atoms with Crippen LogP contribution < -0.4 is 0 Å². The third kappa shape index (κ3) is 4.55. The highest BCUT2D eigenvalue weighted by Crippen LogP contribution is 2.59. The Hall–Kier alpha value is 0. The quantitative estimate of drug-likeness (QED) is 0.386. The average molecular weight is 321 g/mol. The molecule has 0 radical (unpaired) electrons. The van der Waals surface area contributed by atoms with Crippen molar-refractivity contribution in [1.29, 1.82) is 0 Å². The first-order chi connectivity index (χ1) is 11.0. The van der Waals surface area contributed by atoms with Gasteiger partial charge in [0.1, 0.15) is 0 Å². The predicted molar refractivity (Wildman–Crippen MR) is 104 cm³/mol. The van der Waals surface area contributed by atoms with E-state index in [1.165, 1.54) is 44.9 Å². The lowest BCUT2D eigenvalue weighted by Crippen LogP contribution is -2.31. The van der Waals surface area contributed by atoms with Crippen LogP contribution in [0.4, 0.5) is 0 Å². The first kappa shape index (κ1) is 19.3. The van der Waals surface area contributed by atoms with Crippen molar-refractivity contribution in [3.05, 3.63) is 0 Å². The monoisotopic (exact) mass is 320 g/mol. The second-order valence-electron chi connectivity index (χ2n) is 9.59. The van der Waals surface area contributed by atoms with Gasteiger partial charge in [-0.3, -0.25) is 0 Å². The molecule has 0 aromatic carbocycles. The van der Waals surface area contributed by atoms with Crippen molar-refractivity contribution >= 4 is 0 Å². The van der Waals surface area contributed by atoms with Gasteiger partial charge in [0.25, 0.3) is 0 Å². The molecule has 0 aromatic heterocycles. The van der Waals surface area contributed by atoms with Gasteiger partial charge in [0.2, 0.25) is 0 Å². The normalized spacial score (nSPS) is 35.2. The lowest BCUT2D eigenvalue weighted by molar-refractivity contribution is 0.102. The SMILES string of the molecule is CCCC(CC)C(C)C(C)CC1(C)CCC(C2CC2)C1CCC. The summed E-state index contributed by atoms with van der Waals surface area (Å²) in [7, 11) is 0. The second kappa shape index (κ2) is 8.39. The van der Waals surface area contributed by atoms with Gasteiger partial charge in [0, 0.05) is 0 Å². The molecule has 0 heteroatoms. The lowest BCUT2D eigenvalue weighted by Gasteiger charge is -2.39. The predicted octanol–water partition coefficient (Wildman–Crippen LogP) is 7.72. The zero-order chi connectivity index (χ0) is 17.0. The van der Waals surface area contributed by atoms with E-state index in [1.54, 1.807) is 19.3 Å². The third-order valence-electron chi connectivity index (χ3n) is 7.90. The molecule has 0 aliphatic heterocycles. The van der Waals surface area contributed by atoms with Crippen LogP contribution in [0.2, 0.25) is 0 Å². The molecule has 23 heavy (non-hydrogen) atoms. The number of hydrogen-bond donors (Lipinski definition) is 0. The Morgan fingerprint density at radius 1 is 1.00 bits per heavy atom. The fraction of sp³-hybridized carbons (Fsp3) is 1.00. The van der Waals surface area contributed by atoms with Gasteiger partial charge in [-0.25, -0.2) is 0 Å². The molecular formula is C23H44. The lowest BCUT2D eigenvalue weighted by atomic mass is 9.66. The van der Waals surface area contributed by atoms with Gasteiger partial charge in [-0.1, -0.05) is 67.2 Å². The highest BCUT2D eigenvalue weighted by molar-refractivity contribution is 4.99. The highest BCUT2D eigenvalue weighted by Gasteiger charge is 2.49. The first-order valence-corrected chi connectivity index (χ1v) is 11.0. The summed E-state index contributed by atoms with van der Waals surface area (Å²) >= 11 is 0. The molecule has 2 fully saturated rings. The molecule has 0 aromatic rings. The summed E-state index contributed by atoms with van der Waals surface area (Å²) in [6.07, 6.45) is 14.7. The Labute approximate surface area is 147 Å². The smallest absolute Gasteiger partial charge is 0.0292 e. The molecule has 0 nitrogen and oxygen atoms in total. The van der Waals surface area contributed by atoms with Crippen LogP contribution >= 0.6 is 0 Å². The number of rotatable bonds is 10. The molecule has 0 bridgehead atoms. The van der Waals surface area contributed by atoms with Crippen LogP contribution in [0, 0.1) is 40.9 Å². The maximum absolute atomic E-state index is 2.67. The second-order valence-corrected chi connectivity index (χ2v) is 9.59. The number of hydrogen-bond acceptors (Lipinski definition) is 0. The molecule has 136 valence electrons. The molecule has 2 aliphatic carbocycles. The van der Waals surface area contributed by atoms with Crippen molar-refractivity contribution in [2.45, 2.75) is 106 Å². The minimum absolute atomic E-state index is 0.640. The van der Waals surface area contributed by atoms with Crippen molar-refractivity contribution in [2.24, 2.45) is 40.9 Å². The Balaban J connectivity index is 2.00. The minimum atomic E-state index is 0.640. The van der Waals surface area contributed by atoms with Gasteiger partial charge in [-0.15, -0.1) is 0 Å². The topological polar surface area (TPSA) is 0 Å². The summed E-state index contributed by atoms with van der Waals surface area (Å²) in [5, 5.41) is 0. The summed E-state index contributed by atoms with van der Waals surface area (Å²) in [6.45, 7) is 15.0. The molecule has 0 heterocycles. The van der Waals surface area contributed by atoms with E-state index in [2.05, 4.69) is 41.5 Å². The van der Waals surface area contributed by atoms with Crippen molar-refractivity contribution in [3.8, 4) is 0 Å². The van der Waals surface area contributed by atoms with Crippen molar-refractivity contribution in [1.82, 2.24) is 0 Å². The maximum Gasteiger partial charge on any atom is -0.0292 e. The average Bonchev–Trinajstić information content (AvgIpc) is 3.31.